The summed E-state index contributed by atoms with van der Waals surface area (Å²) in [6.07, 6.45) is 3.51. The molecule has 0 aliphatic rings. The summed E-state index contributed by atoms with van der Waals surface area (Å²) in [5.74, 6) is 0.837. The van der Waals surface area contributed by atoms with Gasteiger partial charge >= 0.3 is 0 Å². The lowest BCUT2D eigenvalue weighted by Crippen LogP contribution is -1.81. The van der Waals surface area contributed by atoms with Crippen molar-refractivity contribution in [3.8, 4) is 11.4 Å². The average molecular weight is 258 g/mol. The second-order valence-corrected chi connectivity index (χ2v) is 3.85. The lowest BCUT2D eigenvalue weighted by molar-refractivity contribution is 1.30. The van der Waals surface area contributed by atoms with E-state index < -0.39 is 0 Å². The Labute approximate surface area is 89.1 Å². The van der Waals surface area contributed by atoms with Crippen LogP contribution in [0.1, 0.15) is 0 Å². The minimum Gasteiger partial charge on any atom is -0.345 e. The van der Waals surface area contributed by atoms with Crippen LogP contribution in [0, 0.1) is 0 Å². The van der Waals surface area contributed by atoms with Crippen molar-refractivity contribution in [2.75, 3.05) is 0 Å². The third kappa shape index (κ3) is 1.76. The minimum absolute atomic E-state index is 0.710. The zero-order valence-corrected chi connectivity index (χ0v) is 8.93. The summed E-state index contributed by atoms with van der Waals surface area (Å²) in [4.78, 5) is 7.18. The van der Waals surface area contributed by atoms with Crippen LogP contribution in [-0.2, 0) is 0 Å². The number of rotatable bonds is 1. The third-order valence-corrected chi connectivity index (χ3v) is 2.58. The van der Waals surface area contributed by atoms with Gasteiger partial charge < -0.3 is 4.98 Å². The molecule has 2 rings (SSSR count). The Balaban J connectivity index is 2.53. The first-order valence-electron chi connectivity index (χ1n) is 3.72. The van der Waals surface area contributed by atoms with Crippen LogP contribution >= 0.6 is 27.5 Å². The Morgan fingerprint density at radius 1 is 1.38 bits per heavy atom. The molecule has 1 aromatic heterocycles. The largest absolute Gasteiger partial charge is 0.345 e. The number of nitrogens with zero attached hydrogens (tertiary/aromatic N) is 1. The van der Waals surface area contributed by atoms with Gasteiger partial charge in [0.2, 0.25) is 0 Å². The van der Waals surface area contributed by atoms with Gasteiger partial charge in [-0.3, -0.25) is 0 Å². The van der Waals surface area contributed by atoms with E-state index in [1.54, 1.807) is 12.4 Å². The van der Waals surface area contributed by atoms with Crippen LogP contribution in [0.15, 0.2) is 35.1 Å². The minimum atomic E-state index is 0.710. The molecule has 66 valence electrons. The first kappa shape index (κ1) is 8.78. The molecule has 13 heavy (non-hydrogen) atoms. The van der Waals surface area contributed by atoms with Gasteiger partial charge in [0.15, 0.2) is 0 Å². The van der Waals surface area contributed by atoms with Crippen LogP contribution < -0.4 is 0 Å². The van der Waals surface area contributed by atoms with E-state index in [0.717, 1.165) is 15.9 Å². The SMILES string of the molecule is Clc1ccc(-c2ncc[nH]2)c(Br)c1. The van der Waals surface area contributed by atoms with Crippen LogP contribution in [0.5, 0.6) is 0 Å². The predicted octanol–water partition coefficient (Wildman–Crippen LogP) is 3.49. The van der Waals surface area contributed by atoms with E-state index in [9.17, 15) is 0 Å². The summed E-state index contributed by atoms with van der Waals surface area (Å²) < 4.78 is 0.940. The van der Waals surface area contributed by atoms with E-state index in [1.807, 2.05) is 18.2 Å². The number of imidazole rings is 1. The van der Waals surface area contributed by atoms with Crippen molar-refractivity contribution in [2.45, 2.75) is 0 Å². The fraction of sp³-hybridized carbons (Fsp3) is 0. The number of nitrogens with one attached hydrogen (secondary N) is 1. The number of hydrogen-bond acceptors (Lipinski definition) is 1. The highest BCUT2D eigenvalue weighted by molar-refractivity contribution is 9.10. The molecule has 0 fully saturated rings. The van der Waals surface area contributed by atoms with E-state index in [4.69, 9.17) is 11.6 Å². The lowest BCUT2D eigenvalue weighted by atomic mass is 10.2. The summed E-state index contributed by atoms with van der Waals surface area (Å²) in [7, 11) is 0. The van der Waals surface area contributed by atoms with Gasteiger partial charge in [-0.2, -0.15) is 0 Å². The van der Waals surface area contributed by atoms with Crippen molar-refractivity contribution in [1.82, 2.24) is 9.97 Å². The quantitative estimate of drug-likeness (QED) is 0.832. The Morgan fingerprint density at radius 3 is 2.85 bits per heavy atom. The molecule has 4 heteroatoms. The van der Waals surface area contributed by atoms with Gasteiger partial charge in [0.05, 0.1) is 0 Å². The Hall–Kier alpha value is -0.800. The first-order chi connectivity index (χ1) is 6.27. The molecule has 2 nitrogen and oxygen atoms in total. The molecule has 0 bridgehead atoms. The molecule has 1 heterocycles. The zero-order chi connectivity index (χ0) is 9.26. The Kier molecular flexibility index (Phi) is 2.38. The number of halogens is 2. The monoisotopic (exact) mass is 256 g/mol. The van der Waals surface area contributed by atoms with Crippen molar-refractivity contribution in [3.05, 3.63) is 40.1 Å². The molecular weight excluding hydrogens is 251 g/mol. The normalized spacial score (nSPS) is 10.3. The van der Waals surface area contributed by atoms with Crippen molar-refractivity contribution >= 4 is 27.5 Å². The average Bonchev–Trinajstić information content (AvgIpc) is 2.56. The maximum Gasteiger partial charge on any atom is 0.138 e. The molecule has 0 saturated carbocycles. The standard InChI is InChI=1S/C9H6BrClN2/c10-8-5-6(11)1-2-7(8)9-12-3-4-13-9/h1-5H,(H,12,13). The molecule has 0 atom stereocenters. The smallest absolute Gasteiger partial charge is 0.138 e. The maximum absolute atomic E-state index is 5.82. The summed E-state index contributed by atoms with van der Waals surface area (Å²) in [6, 6.07) is 5.61. The van der Waals surface area contributed by atoms with Crippen LogP contribution in [0.3, 0.4) is 0 Å². The van der Waals surface area contributed by atoms with Crippen LogP contribution in [0.2, 0.25) is 5.02 Å². The highest BCUT2D eigenvalue weighted by Crippen LogP contribution is 2.27. The van der Waals surface area contributed by atoms with Crippen molar-refractivity contribution < 1.29 is 0 Å². The van der Waals surface area contributed by atoms with Crippen molar-refractivity contribution in [2.24, 2.45) is 0 Å². The van der Waals surface area contributed by atoms with E-state index in [2.05, 4.69) is 25.9 Å². The number of hydrogen-bond donors (Lipinski definition) is 1. The maximum atomic E-state index is 5.82. The number of benzene rings is 1. The predicted molar refractivity (Wildman–Crippen MR) is 56.7 cm³/mol. The molecule has 1 aromatic carbocycles. The van der Waals surface area contributed by atoms with E-state index in [0.29, 0.717) is 5.02 Å². The van der Waals surface area contributed by atoms with Gasteiger partial charge in [-0.25, -0.2) is 4.98 Å². The molecule has 0 radical (unpaired) electrons. The van der Waals surface area contributed by atoms with E-state index in [-0.39, 0.29) is 0 Å². The zero-order valence-electron chi connectivity index (χ0n) is 6.59. The second kappa shape index (κ2) is 3.52. The van der Waals surface area contributed by atoms with Crippen molar-refractivity contribution in [1.29, 1.82) is 0 Å². The third-order valence-electron chi connectivity index (χ3n) is 1.68. The lowest BCUT2D eigenvalue weighted by Gasteiger charge is -2.00. The van der Waals surface area contributed by atoms with Gasteiger partial charge in [-0.1, -0.05) is 11.6 Å². The highest BCUT2D eigenvalue weighted by Gasteiger charge is 2.04. The molecule has 0 aliphatic heterocycles. The van der Waals surface area contributed by atoms with E-state index in [1.165, 1.54) is 0 Å². The first-order valence-corrected chi connectivity index (χ1v) is 4.89. The molecule has 0 amide bonds. The molecule has 2 aromatic rings. The summed E-state index contributed by atoms with van der Waals surface area (Å²) in [5.41, 5.74) is 1.01. The Bertz CT molecular complexity index is 412. The van der Waals surface area contributed by atoms with E-state index >= 15 is 0 Å². The molecular formula is C9H6BrClN2. The summed E-state index contributed by atoms with van der Waals surface area (Å²) in [5, 5.41) is 0.710. The molecule has 0 spiro atoms. The van der Waals surface area contributed by atoms with Crippen LogP contribution in [0.4, 0.5) is 0 Å². The molecule has 0 aliphatic carbocycles. The van der Waals surface area contributed by atoms with Gasteiger partial charge in [0, 0.05) is 27.5 Å². The van der Waals surface area contributed by atoms with Crippen LogP contribution in [-0.4, -0.2) is 9.97 Å². The molecule has 1 N–H and O–H groups in total. The fourth-order valence-corrected chi connectivity index (χ4v) is 1.96. The second-order valence-electron chi connectivity index (χ2n) is 2.56. The number of H-pyrrole nitrogens is 1. The Morgan fingerprint density at radius 2 is 2.23 bits per heavy atom. The van der Waals surface area contributed by atoms with Crippen LogP contribution in [0.25, 0.3) is 11.4 Å². The number of aromatic amines is 1. The molecule has 0 unspecified atom stereocenters. The highest BCUT2D eigenvalue weighted by atomic mass is 79.9. The van der Waals surface area contributed by atoms with Crippen molar-refractivity contribution in [3.63, 3.8) is 0 Å². The number of aromatic nitrogens is 2. The van der Waals surface area contributed by atoms with Gasteiger partial charge in [-0.05, 0) is 34.1 Å². The van der Waals surface area contributed by atoms with Gasteiger partial charge in [0.25, 0.3) is 0 Å². The van der Waals surface area contributed by atoms with Gasteiger partial charge in [-0.15, -0.1) is 0 Å². The fourth-order valence-electron chi connectivity index (χ4n) is 1.09. The summed E-state index contributed by atoms with van der Waals surface area (Å²) in [6.45, 7) is 0. The van der Waals surface area contributed by atoms with Gasteiger partial charge in [0.1, 0.15) is 5.82 Å². The topological polar surface area (TPSA) is 28.7 Å². The summed E-state index contributed by atoms with van der Waals surface area (Å²) >= 11 is 9.24. The molecule has 0 saturated heterocycles.